The first-order valence-corrected chi connectivity index (χ1v) is 17.1. The maximum atomic E-state index is 7.08. The average molecular weight is 605 g/mol. The van der Waals surface area contributed by atoms with Crippen LogP contribution in [0.25, 0.3) is 61.7 Å². The molecule has 4 aromatic carbocycles. The Morgan fingerprint density at radius 1 is 0.766 bits per heavy atom. The minimum absolute atomic E-state index is 0.258. The monoisotopic (exact) mass is 604 g/mol. The van der Waals surface area contributed by atoms with Crippen molar-refractivity contribution >= 4 is 28.0 Å². The van der Waals surface area contributed by atoms with Gasteiger partial charge in [-0.3, -0.25) is 0 Å². The van der Waals surface area contributed by atoms with Crippen molar-refractivity contribution in [2.24, 2.45) is 0 Å². The molecule has 3 aliphatic carbocycles. The van der Waals surface area contributed by atoms with Crippen LogP contribution in [0.2, 0.25) is 0 Å². The van der Waals surface area contributed by atoms with Gasteiger partial charge in [-0.05, 0) is 77.3 Å². The zero-order valence-electron chi connectivity index (χ0n) is 26.4. The van der Waals surface area contributed by atoms with Crippen LogP contribution >= 0.6 is 0 Å². The van der Waals surface area contributed by atoms with E-state index in [1.165, 1.54) is 83.4 Å². The van der Waals surface area contributed by atoms with E-state index in [4.69, 9.17) is 4.42 Å². The highest BCUT2D eigenvalue weighted by Crippen LogP contribution is 2.71. The maximum Gasteiger partial charge on any atom is 0.269 e. The Bertz CT molecular complexity index is 2590. The highest BCUT2D eigenvalue weighted by molar-refractivity contribution is 6.12. The van der Waals surface area contributed by atoms with Gasteiger partial charge in [0.1, 0.15) is 17.1 Å². The van der Waals surface area contributed by atoms with Crippen LogP contribution in [-0.2, 0) is 18.4 Å². The van der Waals surface area contributed by atoms with Gasteiger partial charge in [-0.15, -0.1) is 0 Å². The second-order valence-corrected chi connectivity index (χ2v) is 14.5. The van der Waals surface area contributed by atoms with Gasteiger partial charge in [0.15, 0.2) is 12.4 Å². The molecule has 5 aliphatic rings. The summed E-state index contributed by atoms with van der Waals surface area (Å²) in [7, 11) is 0. The van der Waals surface area contributed by atoms with Crippen molar-refractivity contribution < 1.29 is 13.6 Å². The summed E-state index contributed by atoms with van der Waals surface area (Å²) < 4.78 is 12.4. The normalized spacial score (nSPS) is 23.1. The van der Waals surface area contributed by atoms with Gasteiger partial charge in [0, 0.05) is 45.7 Å². The van der Waals surface area contributed by atoms with Gasteiger partial charge in [0.25, 0.3) is 5.54 Å². The minimum Gasteiger partial charge on any atom is -0.455 e. The molecular weight excluding hydrogens is 572 g/mol. The fourth-order valence-corrected chi connectivity index (χ4v) is 10.4. The lowest BCUT2D eigenvalue weighted by Gasteiger charge is -2.26. The van der Waals surface area contributed by atoms with Gasteiger partial charge in [-0.1, -0.05) is 73.7 Å². The molecule has 4 atom stereocenters. The third-order valence-electron chi connectivity index (χ3n) is 12.3. The van der Waals surface area contributed by atoms with Crippen molar-refractivity contribution in [1.82, 2.24) is 0 Å². The van der Waals surface area contributed by atoms with Crippen LogP contribution in [0.5, 0.6) is 0 Å². The molecule has 0 saturated heterocycles. The molecule has 2 aliphatic heterocycles. The van der Waals surface area contributed by atoms with E-state index < -0.39 is 0 Å². The van der Waals surface area contributed by atoms with Crippen LogP contribution in [0.3, 0.4) is 0 Å². The first kappa shape index (κ1) is 24.9. The fraction of sp³-hybridized carbons (Fsp3) is 0.182. The summed E-state index contributed by atoms with van der Waals surface area (Å²) in [6.45, 7) is 4.69. The third-order valence-corrected chi connectivity index (χ3v) is 12.3. The molecule has 0 amide bonds. The average Bonchev–Trinajstić information content (AvgIpc) is 3.34. The van der Waals surface area contributed by atoms with E-state index in [1.807, 2.05) is 0 Å². The van der Waals surface area contributed by atoms with Crippen LogP contribution in [0.15, 0.2) is 114 Å². The Morgan fingerprint density at radius 3 is 2.60 bits per heavy atom. The van der Waals surface area contributed by atoms with Crippen molar-refractivity contribution in [1.29, 1.82) is 0 Å². The van der Waals surface area contributed by atoms with E-state index in [9.17, 15) is 0 Å². The third kappa shape index (κ3) is 2.76. The molecule has 47 heavy (non-hydrogen) atoms. The number of benzene rings is 4. The topological polar surface area (TPSA) is 20.9 Å². The number of furan rings is 1. The van der Waals surface area contributed by atoms with Crippen LogP contribution in [0.1, 0.15) is 63.7 Å². The SMILES string of the molecule is Cc1cccc2c1-c1c[n+]3c(cc1C(C)C2)-c1c(ccc2c1oc1c4c(ccc12)CC=C4)C31C2c3ccccc3-c3cccc[n+]3C21. The van der Waals surface area contributed by atoms with Crippen LogP contribution < -0.4 is 9.13 Å². The highest BCUT2D eigenvalue weighted by atomic mass is 16.3. The van der Waals surface area contributed by atoms with Crippen LogP contribution in [0, 0.1) is 6.92 Å². The molecule has 0 radical (unpaired) electrons. The molecule has 1 fully saturated rings. The number of nitrogens with zero attached hydrogens (tertiary/aromatic N) is 2. The molecule has 0 N–H and O–H groups in total. The van der Waals surface area contributed by atoms with Crippen molar-refractivity contribution in [2.75, 3.05) is 0 Å². The smallest absolute Gasteiger partial charge is 0.269 e. The lowest BCUT2D eigenvalue weighted by atomic mass is 9.78. The summed E-state index contributed by atoms with van der Waals surface area (Å²) in [5, 5.41) is 2.43. The molecule has 3 aromatic heterocycles. The Morgan fingerprint density at radius 2 is 1.64 bits per heavy atom. The number of rotatable bonds is 0. The predicted molar refractivity (Wildman–Crippen MR) is 185 cm³/mol. The lowest BCUT2D eigenvalue weighted by Crippen LogP contribution is -2.51. The number of hydrogen-bond acceptors (Lipinski definition) is 1. The Balaban J connectivity index is 1.23. The maximum absolute atomic E-state index is 7.08. The Labute approximate surface area is 273 Å². The molecule has 0 bridgehead atoms. The molecule has 1 spiro atoms. The van der Waals surface area contributed by atoms with Crippen molar-refractivity contribution in [3.63, 3.8) is 0 Å². The van der Waals surface area contributed by atoms with Crippen molar-refractivity contribution in [2.45, 2.75) is 50.1 Å². The van der Waals surface area contributed by atoms with Gasteiger partial charge >= 0.3 is 0 Å². The quantitative estimate of drug-likeness (QED) is 0.158. The van der Waals surface area contributed by atoms with E-state index in [1.54, 1.807) is 0 Å². The largest absolute Gasteiger partial charge is 0.455 e. The number of hydrogen-bond donors (Lipinski definition) is 0. The number of pyridine rings is 2. The van der Waals surface area contributed by atoms with Crippen molar-refractivity contribution in [3.8, 4) is 33.6 Å². The minimum atomic E-state index is -0.258. The molecular formula is C44H32N2O+2. The molecule has 12 rings (SSSR count). The van der Waals surface area contributed by atoms with E-state index in [-0.39, 0.29) is 11.6 Å². The summed E-state index contributed by atoms with van der Waals surface area (Å²) >= 11 is 0. The first-order valence-electron chi connectivity index (χ1n) is 17.1. The van der Waals surface area contributed by atoms with E-state index >= 15 is 0 Å². The molecule has 7 aromatic rings. The van der Waals surface area contributed by atoms with Gasteiger partial charge < -0.3 is 4.42 Å². The zero-order valence-corrected chi connectivity index (χ0v) is 26.4. The molecule has 3 nitrogen and oxygen atoms in total. The van der Waals surface area contributed by atoms with E-state index in [0.717, 1.165) is 24.0 Å². The summed E-state index contributed by atoms with van der Waals surface area (Å²) in [4.78, 5) is 0. The standard InChI is InChI=1S/C44H32N2O/c1-24-9-7-11-27-21-25(2)33-22-37-39-35(19-18-32-31-17-16-26-10-8-14-28(26)41(31)47-42(32)39)44(46(37)23-34(33)38(24)27)40-30-13-4-3-12-29(30)36-15-5-6-20-45(36)43(40)44/h3-9,11-20,22-23,25,40,43H,10,21H2,1-2H3/q+2. The van der Waals surface area contributed by atoms with Gasteiger partial charge in [0.05, 0.1) is 11.1 Å². The summed E-state index contributed by atoms with van der Waals surface area (Å²) in [6.07, 6.45) is 11.4. The summed E-state index contributed by atoms with van der Waals surface area (Å²) in [5.41, 5.74) is 19.6. The predicted octanol–water partition coefficient (Wildman–Crippen LogP) is 9.11. The van der Waals surface area contributed by atoms with E-state index in [0.29, 0.717) is 11.8 Å². The summed E-state index contributed by atoms with van der Waals surface area (Å²) in [5.74, 6) is 0.749. The second-order valence-electron chi connectivity index (χ2n) is 14.5. The molecule has 5 heterocycles. The Kier molecular flexibility index (Phi) is 4.32. The van der Waals surface area contributed by atoms with Crippen molar-refractivity contribution in [3.05, 3.63) is 148 Å². The van der Waals surface area contributed by atoms with Crippen LogP contribution in [-0.4, -0.2) is 0 Å². The van der Waals surface area contributed by atoms with Gasteiger partial charge in [0.2, 0.25) is 17.4 Å². The summed E-state index contributed by atoms with van der Waals surface area (Å²) in [6, 6.07) is 34.9. The molecule has 1 saturated carbocycles. The van der Waals surface area contributed by atoms with Gasteiger partial charge in [-0.25, -0.2) is 0 Å². The highest BCUT2D eigenvalue weighted by Gasteiger charge is 2.86. The fourth-order valence-electron chi connectivity index (χ4n) is 10.4. The van der Waals surface area contributed by atoms with Gasteiger partial charge in [-0.2, -0.15) is 9.13 Å². The number of allylic oxidation sites excluding steroid dienone is 1. The lowest BCUT2D eigenvalue weighted by molar-refractivity contribution is -0.771. The second kappa shape index (κ2) is 8.16. The first-order chi connectivity index (χ1) is 23.1. The van der Waals surface area contributed by atoms with E-state index in [2.05, 4.69) is 139 Å². The number of fused-ring (bicyclic) bond motifs is 22. The number of aryl methyl sites for hydroxylation is 1. The molecule has 3 heteroatoms. The zero-order chi connectivity index (χ0) is 30.8. The Hall–Kier alpha value is -5.28. The molecule has 4 unspecified atom stereocenters. The van der Waals surface area contributed by atoms with Crippen LogP contribution in [0.4, 0.5) is 0 Å². The number of aromatic nitrogens is 2. The molecule has 222 valence electrons.